The quantitative estimate of drug-likeness (QED) is 0.672. The van der Waals surface area contributed by atoms with Crippen molar-refractivity contribution >= 4 is 28.5 Å². The number of thioether (sulfide) groups is 1. The van der Waals surface area contributed by atoms with E-state index in [1.807, 2.05) is 19.9 Å². The van der Waals surface area contributed by atoms with Crippen molar-refractivity contribution in [3.63, 3.8) is 0 Å². The molecule has 0 aromatic heterocycles. The summed E-state index contributed by atoms with van der Waals surface area (Å²) in [7, 11) is 0. The van der Waals surface area contributed by atoms with Crippen LogP contribution in [0.1, 0.15) is 25.0 Å². The Labute approximate surface area is 97.7 Å². The van der Waals surface area contributed by atoms with Crippen LogP contribution in [0.15, 0.2) is 22.0 Å². The molecule has 1 heterocycles. The van der Waals surface area contributed by atoms with Crippen molar-refractivity contribution in [2.24, 2.45) is 4.99 Å². The van der Waals surface area contributed by atoms with Gasteiger partial charge in [-0.2, -0.15) is 0 Å². The summed E-state index contributed by atoms with van der Waals surface area (Å²) in [5, 5.41) is 0.396. The summed E-state index contributed by atoms with van der Waals surface area (Å²) < 4.78 is 13.9. The lowest BCUT2D eigenvalue weighted by molar-refractivity contribution is 0.588. The fourth-order valence-corrected chi connectivity index (χ4v) is 3.12. The third kappa shape index (κ3) is 1.91. The molecule has 0 fully saturated rings. The molecule has 0 radical (unpaired) electrons. The van der Waals surface area contributed by atoms with Crippen LogP contribution in [0.3, 0.4) is 0 Å². The molecular formula is C11H11ClFNS. The lowest BCUT2D eigenvalue weighted by Crippen LogP contribution is -2.19. The summed E-state index contributed by atoms with van der Waals surface area (Å²) >= 11 is 7.44. The molecule has 0 atom stereocenters. The first-order chi connectivity index (χ1) is 6.91. The Morgan fingerprint density at radius 1 is 1.40 bits per heavy atom. The van der Waals surface area contributed by atoms with Gasteiger partial charge in [-0.3, -0.25) is 4.99 Å². The third-order valence-electron chi connectivity index (χ3n) is 2.23. The minimum absolute atomic E-state index is 0.182. The van der Waals surface area contributed by atoms with Gasteiger partial charge in [-0.25, -0.2) is 4.39 Å². The maximum Gasteiger partial charge on any atom is 0.140 e. The number of aliphatic imine (C=N–C) groups is 1. The first-order valence-corrected chi connectivity index (χ1v) is 5.84. The van der Waals surface area contributed by atoms with E-state index in [4.69, 9.17) is 11.6 Å². The van der Waals surface area contributed by atoms with Gasteiger partial charge in [-0.15, -0.1) is 0 Å². The zero-order valence-corrected chi connectivity index (χ0v) is 10.3. The van der Waals surface area contributed by atoms with Gasteiger partial charge in [0.25, 0.3) is 0 Å². The first-order valence-electron chi connectivity index (χ1n) is 4.64. The number of hydrogen-bond acceptors (Lipinski definition) is 2. The lowest BCUT2D eigenvalue weighted by Gasteiger charge is -2.26. The van der Waals surface area contributed by atoms with E-state index >= 15 is 0 Å². The van der Waals surface area contributed by atoms with Crippen LogP contribution in [0.25, 0.3) is 0 Å². The molecule has 0 saturated heterocycles. The van der Waals surface area contributed by atoms with E-state index in [0.717, 1.165) is 0 Å². The smallest absolute Gasteiger partial charge is 0.140 e. The highest BCUT2D eigenvalue weighted by atomic mass is 35.5. The summed E-state index contributed by atoms with van der Waals surface area (Å²) in [5.74, 6) is -0.182. The van der Waals surface area contributed by atoms with Crippen molar-refractivity contribution in [1.82, 2.24) is 0 Å². The van der Waals surface area contributed by atoms with Crippen molar-refractivity contribution in [2.45, 2.75) is 30.5 Å². The van der Waals surface area contributed by atoms with Gasteiger partial charge in [0.15, 0.2) is 0 Å². The summed E-state index contributed by atoms with van der Waals surface area (Å²) in [6.45, 7) is 5.60. The van der Waals surface area contributed by atoms with Crippen LogP contribution in [-0.2, 0) is 0 Å². The summed E-state index contributed by atoms with van der Waals surface area (Å²) in [6, 6.07) is 3.55. The maximum absolute atomic E-state index is 13.9. The number of halogens is 2. The van der Waals surface area contributed by atoms with Gasteiger partial charge in [-0.05, 0) is 26.3 Å². The highest BCUT2D eigenvalue weighted by molar-refractivity contribution is 8.00. The molecule has 0 N–H and O–H groups in total. The molecule has 15 heavy (non-hydrogen) atoms. The maximum atomic E-state index is 13.9. The summed E-state index contributed by atoms with van der Waals surface area (Å²) in [6.07, 6.45) is 0. The standard InChI is InChI=1S/C11H11ClFNS/c1-6-4-5-7-9(8(6)13)15-11(2,3)14-10(7)12/h4-5H,1-3H3. The number of rotatable bonds is 0. The second-order valence-electron chi connectivity index (χ2n) is 4.02. The van der Waals surface area contributed by atoms with Crippen LogP contribution in [0, 0.1) is 12.7 Å². The largest absolute Gasteiger partial charge is 0.255 e. The third-order valence-corrected chi connectivity index (χ3v) is 3.71. The monoisotopic (exact) mass is 243 g/mol. The number of hydrogen-bond donors (Lipinski definition) is 0. The van der Waals surface area contributed by atoms with Crippen molar-refractivity contribution in [3.8, 4) is 0 Å². The Hall–Kier alpha value is -0.540. The van der Waals surface area contributed by atoms with E-state index in [1.54, 1.807) is 13.0 Å². The van der Waals surface area contributed by atoms with Gasteiger partial charge in [0.05, 0.1) is 4.90 Å². The minimum atomic E-state index is -0.390. The predicted molar refractivity (Wildman–Crippen MR) is 63.5 cm³/mol. The van der Waals surface area contributed by atoms with E-state index in [2.05, 4.69) is 4.99 Å². The van der Waals surface area contributed by atoms with Gasteiger partial charge in [0.2, 0.25) is 0 Å². The van der Waals surface area contributed by atoms with Gasteiger partial charge in [0, 0.05) is 5.56 Å². The molecule has 1 nitrogen and oxygen atoms in total. The van der Waals surface area contributed by atoms with E-state index in [9.17, 15) is 4.39 Å². The zero-order chi connectivity index (χ0) is 11.2. The SMILES string of the molecule is Cc1ccc2c(c1F)SC(C)(C)N=C2Cl. The average Bonchev–Trinajstić information content (AvgIpc) is 2.10. The van der Waals surface area contributed by atoms with Crippen LogP contribution in [0.4, 0.5) is 4.39 Å². The molecule has 2 rings (SSSR count). The molecule has 1 aromatic carbocycles. The Bertz CT molecular complexity index is 454. The number of nitrogens with zero attached hydrogens (tertiary/aromatic N) is 1. The van der Waals surface area contributed by atoms with Crippen molar-refractivity contribution in [2.75, 3.05) is 0 Å². The molecule has 0 aliphatic carbocycles. The van der Waals surface area contributed by atoms with Crippen LogP contribution >= 0.6 is 23.4 Å². The van der Waals surface area contributed by atoms with Crippen LogP contribution in [-0.4, -0.2) is 10.0 Å². The topological polar surface area (TPSA) is 12.4 Å². The highest BCUT2D eigenvalue weighted by Crippen LogP contribution is 2.42. The number of fused-ring (bicyclic) bond motifs is 1. The molecule has 4 heteroatoms. The molecule has 1 aliphatic rings. The van der Waals surface area contributed by atoms with Gasteiger partial charge < -0.3 is 0 Å². The van der Waals surface area contributed by atoms with Gasteiger partial charge in [0.1, 0.15) is 15.9 Å². The van der Waals surface area contributed by atoms with Crippen molar-refractivity contribution in [1.29, 1.82) is 0 Å². The Kier molecular flexibility index (Phi) is 2.55. The molecular weight excluding hydrogens is 233 g/mol. The van der Waals surface area contributed by atoms with Crippen LogP contribution < -0.4 is 0 Å². The molecule has 80 valence electrons. The van der Waals surface area contributed by atoms with E-state index in [-0.39, 0.29) is 5.82 Å². The second-order valence-corrected chi connectivity index (χ2v) is 5.99. The molecule has 0 amide bonds. The summed E-state index contributed by atoms with van der Waals surface area (Å²) in [5.41, 5.74) is 1.34. The molecule has 0 bridgehead atoms. The zero-order valence-electron chi connectivity index (χ0n) is 8.77. The van der Waals surface area contributed by atoms with Gasteiger partial charge >= 0.3 is 0 Å². The minimum Gasteiger partial charge on any atom is -0.255 e. The molecule has 0 spiro atoms. The Morgan fingerprint density at radius 3 is 2.73 bits per heavy atom. The number of benzene rings is 1. The van der Waals surface area contributed by atoms with E-state index in [0.29, 0.717) is 21.2 Å². The van der Waals surface area contributed by atoms with Crippen LogP contribution in [0.2, 0.25) is 0 Å². The molecule has 1 aliphatic heterocycles. The van der Waals surface area contributed by atoms with Crippen LogP contribution in [0.5, 0.6) is 0 Å². The fraction of sp³-hybridized carbons (Fsp3) is 0.364. The van der Waals surface area contributed by atoms with Crippen molar-refractivity contribution < 1.29 is 4.39 Å². The Morgan fingerprint density at radius 2 is 2.07 bits per heavy atom. The Balaban J connectivity index is 2.65. The van der Waals surface area contributed by atoms with E-state index in [1.165, 1.54) is 11.8 Å². The van der Waals surface area contributed by atoms with E-state index < -0.39 is 4.87 Å². The normalized spacial score (nSPS) is 18.3. The molecule has 0 unspecified atom stereocenters. The average molecular weight is 244 g/mol. The molecule has 0 saturated carbocycles. The first kappa shape index (κ1) is 11.0. The summed E-state index contributed by atoms with van der Waals surface area (Å²) in [4.78, 5) is 4.53. The lowest BCUT2D eigenvalue weighted by atomic mass is 10.1. The highest BCUT2D eigenvalue weighted by Gasteiger charge is 2.29. The van der Waals surface area contributed by atoms with Gasteiger partial charge in [-0.1, -0.05) is 35.5 Å². The fourth-order valence-electron chi connectivity index (χ4n) is 1.49. The second kappa shape index (κ2) is 3.49. The molecule has 1 aromatic rings. The predicted octanol–water partition coefficient (Wildman–Crippen LogP) is 3.96. The number of aryl methyl sites for hydroxylation is 1. The van der Waals surface area contributed by atoms with Crippen molar-refractivity contribution in [3.05, 3.63) is 29.1 Å².